The standard InChI is InChI=1S/C18H17N3O6S/c22-9-8-21-17(23)11-16(18(21)24)20-15-10-13(28(25,26)27)6-7-14(15)19-12-4-2-1-3-5-12/h1-7,10-11,19-20,22H,8-9H2,(H,25,26,27). The lowest BCUT2D eigenvalue weighted by Crippen LogP contribution is -2.34. The molecule has 1 heterocycles. The van der Waals surface area contributed by atoms with Crippen molar-refractivity contribution in [3.05, 3.63) is 60.3 Å². The first-order chi connectivity index (χ1) is 13.3. The van der Waals surface area contributed by atoms with E-state index in [4.69, 9.17) is 5.11 Å². The van der Waals surface area contributed by atoms with Crippen LogP contribution in [0.2, 0.25) is 0 Å². The van der Waals surface area contributed by atoms with E-state index < -0.39 is 21.9 Å². The van der Waals surface area contributed by atoms with Gasteiger partial charge in [-0.05, 0) is 30.3 Å². The maximum Gasteiger partial charge on any atom is 0.294 e. The smallest absolute Gasteiger partial charge is 0.294 e. The van der Waals surface area contributed by atoms with Crippen molar-refractivity contribution in [3.63, 3.8) is 0 Å². The summed E-state index contributed by atoms with van der Waals surface area (Å²) in [5, 5.41) is 14.8. The average Bonchev–Trinajstić information content (AvgIpc) is 2.91. The molecule has 3 rings (SSSR count). The molecule has 0 unspecified atom stereocenters. The van der Waals surface area contributed by atoms with Crippen LogP contribution in [0.1, 0.15) is 0 Å². The fraction of sp³-hybridized carbons (Fsp3) is 0.111. The van der Waals surface area contributed by atoms with Gasteiger partial charge in [0.15, 0.2) is 0 Å². The molecule has 9 nitrogen and oxygen atoms in total. The van der Waals surface area contributed by atoms with Crippen molar-refractivity contribution in [2.24, 2.45) is 0 Å². The van der Waals surface area contributed by atoms with E-state index >= 15 is 0 Å². The Morgan fingerprint density at radius 2 is 1.68 bits per heavy atom. The van der Waals surface area contributed by atoms with Crippen LogP contribution in [-0.2, 0) is 19.7 Å². The Kier molecular flexibility index (Phi) is 5.45. The molecule has 0 aliphatic carbocycles. The molecule has 1 aliphatic rings. The second-order valence-corrected chi connectivity index (χ2v) is 7.30. The van der Waals surface area contributed by atoms with Crippen molar-refractivity contribution in [2.45, 2.75) is 4.90 Å². The highest BCUT2D eigenvalue weighted by atomic mass is 32.2. The Hall–Kier alpha value is -3.21. The van der Waals surface area contributed by atoms with Gasteiger partial charge in [0, 0.05) is 11.8 Å². The topological polar surface area (TPSA) is 136 Å². The van der Waals surface area contributed by atoms with Gasteiger partial charge in [-0.15, -0.1) is 0 Å². The molecular weight excluding hydrogens is 386 g/mol. The maximum atomic E-state index is 12.3. The van der Waals surface area contributed by atoms with Crippen molar-refractivity contribution in [1.82, 2.24) is 4.90 Å². The molecule has 0 aromatic heterocycles. The van der Waals surface area contributed by atoms with Gasteiger partial charge in [-0.1, -0.05) is 18.2 Å². The van der Waals surface area contributed by atoms with Gasteiger partial charge in [-0.2, -0.15) is 8.42 Å². The molecule has 10 heteroatoms. The normalized spacial score (nSPS) is 14.2. The highest BCUT2D eigenvalue weighted by molar-refractivity contribution is 7.85. The Balaban J connectivity index is 1.96. The molecule has 0 bridgehead atoms. The molecule has 1 aliphatic heterocycles. The highest BCUT2D eigenvalue weighted by Gasteiger charge is 2.31. The zero-order valence-electron chi connectivity index (χ0n) is 14.5. The number of para-hydroxylation sites is 1. The van der Waals surface area contributed by atoms with Gasteiger partial charge in [0.1, 0.15) is 5.70 Å². The van der Waals surface area contributed by atoms with Crippen LogP contribution in [0.25, 0.3) is 0 Å². The van der Waals surface area contributed by atoms with E-state index in [0.717, 1.165) is 17.0 Å². The number of hydrogen-bond acceptors (Lipinski definition) is 7. The summed E-state index contributed by atoms with van der Waals surface area (Å²) < 4.78 is 32.3. The fourth-order valence-corrected chi connectivity index (χ4v) is 3.14. The number of benzene rings is 2. The highest BCUT2D eigenvalue weighted by Crippen LogP contribution is 2.30. The molecule has 146 valence electrons. The molecular formula is C18H17N3O6S. The Morgan fingerprint density at radius 3 is 2.32 bits per heavy atom. The molecule has 0 radical (unpaired) electrons. The molecule has 2 aromatic rings. The van der Waals surface area contributed by atoms with E-state index in [2.05, 4.69) is 10.6 Å². The summed E-state index contributed by atoms with van der Waals surface area (Å²) in [6.07, 6.45) is 1.06. The molecule has 0 fully saturated rings. The zero-order valence-corrected chi connectivity index (χ0v) is 15.3. The zero-order chi connectivity index (χ0) is 20.3. The lowest BCUT2D eigenvalue weighted by Gasteiger charge is -2.16. The third-order valence-electron chi connectivity index (χ3n) is 3.94. The molecule has 0 spiro atoms. The third kappa shape index (κ3) is 4.19. The van der Waals surface area contributed by atoms with Crippen molar-refractivity contribution in [3.8, 4) is 0 Å². The Bertz CT molecular complexity index is 1050. The number of amides is 2. The van der Waals surface area contributed by atoms with Crippen LogP contribution in [0.3, 0.4) is 0 Å². The van der Waals surface area contributed by atoms with Gasteiger partial charge in [-0.25, -0.2) is 0 Å². The predicted molar refractivity (Wildman–Crippen MR) is 101 cm³/mol. The Morgan fingerprint density at radius 1 is 0.964 bits per heavy atom. The van der Waals surface area contributed by atoms with Crippen LogP contribution in [0.5, 0.6) is 0 Å². The van der Waals surface area contributed by atoms with Gasteiger partial charge in [0.05, 0.1) is 29.4 Å². The SMILES string of the molecule is O=C1C=C(Nc2cc(S(=O)(=O)O)ccc2Nc2ccccc2)C(=O)N1CCO. The summed E-state index contributed by atoms with van der Waals surface area (Å²) in [5.41, 5.74) is 1.20. The fourth-order valence-electron chi connectivity index (χ4n) is 2.63. The van der Waals surface area contributed by atoms with Crippen LogP contribution in [-0.4, -0.2) is 47.9 Å². The summed E-state index contributed by atoms with van der Waals surface area (Å²) in [5.74, 6) is -1.24. The number of β-amino-alcohol motifs (C(OH)–C–C–N with tert-alkyl or cyclic N) is 1. The minimum absolute atomic E-state index is 0.0814. The summed E-state index contributed by atoms with van der Waals surface area (Å²) in [7, 11) is -4.47. The largest absolute Gasteiger partial charge is 0.395 e. The van der Waals surface area contributed by atoms with Crippen LogP contribution >= 0.6 is 0 Å². The van der Waals surface area contributed by atoms with Gasteiger partial charge in [0.2, 0.25) is 0 Å². The maximum absolute atomic E-state index is 12.3. The summed E-state index contributed by atoms with van der Waals surface area (Å²) in [6.45, 7) is -0.531. The number of carbonyl (C=O) groups excluding carboxylic acids is 2. The summed E-state index contributed by atoms with van der Waals surface area (Å²) in [4.78, 5) is 24.7. The van der Waals surface area contributed by atoms with Crippen molar-refractivity contribution in [1.29, 1.82) is 0 Å². The van der Waals surface area contributed by atoms with Gasteiger partial charge in [0.25, 0.3) is 21.9 Å². The second kappa shape index (κ2) is 7.80. The second-order valence-electron chi connectivity index (χ2n) is 5.88. The van der Waals surface area contributed by atoms with Crippen LogP contribution in [0.15, 0.2) is 65.2 Å². The first-order valence-electron chi connectivity index (χ1n) is 8.18. The Labute approximate surface area is 161 Å². The average molecular weight is 403 g/mol. The van der Waals surface area contributed by atoms with E-state index in [9.17, 15) is 22.6 Å². The number of rotatable bonds is 7. The van der Waals surface area contributed by atoms with E-state index in [1.165, 1.54) is 12.1 Å². The van der Waals surface area contributed by atoms with E-state index in [1.807, 2.05) is 6.07 Å². The monoisotopic (exact) mass is 403 g/mol. The van der Waals surface area contributed by atoms with Crippen molar-refractivity contribution >= 4 is 39.0 Å². The number of nitrogens with zero attached hydrogens (tertiary/aromatic N) is 1. The van der Waals surface area contributed by atoms with Gasteiger partial charge in [-0.3, -0.25) is 19.0 Å². The first-order valence-corrected chi connectivity index (χ1v) is 9.62. The van der Waals surface area contributed by atoms with E-state index in [1.54, 1.807) is 24.3 Å². The van der Waals surface area contributed by atoms with Crippen molar-refractivity contribution in [2.75, 3.05) is 23.8 Å². The van der Waals surface area contributed by atoms with Gasteiger partial charge < -0.3 is 15.7 Å². The quantitative estimate of drug-likeness (QED) is 0.402. The lowest BCUT2D eigenvalue weighted by molar-refractivity contribution is -0.137. The lowest BCUT2D eigenvalue weighted by atomic mass is 10.2. The van der Waals surface area contributed by atoms with Crippen LogP contribution in [0.4, 0.5) is 17.1 Å². The number of aliphatic hydroxyl groups is 1. The first kappa shape index (κ1) is 19.5. The number of aliphatic hydroxyl groups excluding tert-OH is 1. The minimum atomic E-state index is -4.47. The summed E-state index contributed by atoms with van der Waals surface area (Å²) >= 11 is 0. The van der Waals surface area contributed by atoms with Gasteiger partial charge >= 0.3 is 0 Å². The molecule has 0 saturated carbocycles. The molecule has 0 atom stereocenters. The van der Waals surface area contributed by atoms with Crippen LogP contribution in [0, 0.1) is 0 Å². The molecule has 2 amide bonds. The number of nitrogens with one attached hydrogen (secondary N) is 2. The molecule has 0 saturated heterocycles. The molecule has 2 aromatic carbocycles. The van der Waals surface area contributed by atoms with Crippen molar-refractivity contribution < 1.29 is 27.7 Å². The molecule has 28 heavy (non-hydrogen) atoms. The minimum Gasteiger partial charge on any atom is -0.395 e. The number of carbonyl (C=O) groups is 2. The summed E-state index contributed by atoms with van der Waals surface area (Å²) in [6, 6.07) is 12.8. The molecule has 4 N–H and O–H groups in total. The van der Waals surface area contributed by atoms with E-state index in [-0.39, 0.29) is 29.4 Å². The number of hydrogen-bond donors (Lipinski definition) is 4. The third-order valence-corrected chi connectivity index (χ3v) is 4.79. The van der Waals surface area contributed by atoms with Crippen LogP contribution < -0.4 is 10.6 Å². The number of imide groups is 1. The predicted octanol–water partition coefficient (Wildman–Crippen LogP) is 1.33. The van der Waals surface area contributed by atoms with E-state index in [0.29, 0.717) is 11.4 Å². The number of anilines is 3.